The summed E-state index contributed by atoms with van der Waals surface area (Å²) in [7, 11) is 0. The van der Waals surface area contributed by atoms with Crippen LogP contribution >= 0.6 is 31.9 Å². The van der Waals surface area contributed by atoms with Gasteiger partial charge in [-0.3, -0.25) is 4.68 Å². The highest BCUT2D eigenvalue weighted by molar-refractivity contribution is 9.10. The summed E-state index contributed by atoms with van der Waals surface area (Å²) in [4.78, 5) is 0. The lowest BCUT2D eigenvalue weighted by molar-refractivity contribution is 0.206. The predicted molar refractivity (Wildman–Crippen MR) is 83.2 cm³/mol. The molecular formula is C14H16Br2N2O. The largest absolute Gasteiger partial charge is 0.382 e. The first kappa shape index (κ1) is 14.8. The SMILES string of the molecule is CCCn1ncc(Br)c1C(O)c1ccc(Br)cc1C. The normalized spacial score (nSPS) is 12.7. The van der Waals surface area contributed by atoms with Crippen LogP contribution in [0.3, 0.4) is 0 Å². The van der Waals surface area contributed by atoms with Gasteiger partial charge in [-0.2, -0.15) is 5.10 Å². The van der Waals surface area contributed by atoms with Crippen molar-refractivity contribution in [1.29, 1.82) is 0 Å². The van der Waals surface area contributed by atoms with Crippen molar-refractivity contribution in [3.63, 3.8) is 0 Å². The number of aliphatic hydroxyl groups is 1. The molecule has 102 valence electrons. The van der Waals surface area contributed by atoms with Crippen molar-refractivity contribution in [2.24, 2.45) is 0 Å². The molecule has 0 spiro atoms. The highest BCUT2D eigenvalue weighted by atomic mass is 79.9. The third-order valence-corrected chi connectivity index (χ3v) is 4.16. The zero-order valence-corrected chi connectivity index (χ0v) is 14.1. The summed E-state index contributed by atoms with van der Waals surface area (Å²) in [5, 5.41) is 14.9. The van der Waals surface area contributed by atoms with Crippen LogP contribution in [0.4, 0.5) is 0 Å². The van der Waals surface area contributed by atoms with Gasteiger partial charge in [-0.15, -0.1) is 0 Å². The minimum atomic E-state index is -0.670. The molecule has 0 fully saturated rings. The molecule has 0 aliphatic heterocycles. The number of aromatic nitrogens is 2. The van der Waals surface area contributed by atoms with Crippen molar-refractivity contribution < 1.29 is 5.11 Å². The second-order valence-corrected chi connectivity index (χ2v) is 6.27. The highest BCUT2D eigenvalue weighted by Crippen LogP contribution is 2.31. The first-order chi connectivity index (χ1) is 9.04. The molecular weight excluding hydrogens is 372 g/mol. The Hall–Kier alpha value is -0.650. The van der Waals surface area contributed by atoms with Crippen LogP contribution in [0.1, 0.15) is 36.3 Å². The van der Waals surface area contributed by atoms with Crippen LogP contribution in [-0.4, -0.2) is 14.9 Å². The monoisotopic (exact) mass is 386 g/mol. The van der Waals surface area contributed by atoms with E-state index < -0.39 is 6.10 Å². The number of rotatable bonds is 4. The topological polar surface area (TPSA) is 38.0 Å². The molecule has 0 radical (unpaired) electrons. The van der Waals surface area contributed by atoms with Crippen LogP contribution in [0.5, 0.6) is 0 Å². The van der Waals surface area contributed by atoms with E-state index in [2.05, 4.69) is 43.9 Å². The molecule has 1 aromatic carbocycles. The van der Waals surface area contributed by atoms with E-state index in [0.29, 0.717) is 0 Å². The zero-order valence-electron chi connectivity index (χ0n) is 10.9. The molecule has 1 N–H and O–H groups in total. The summed E-state index contributed by atoms with van der Waals surface area (Å²) in [5.41, 5.74) is 2.77. The summed E-state index contributed by atoms with van der Waals surface area (Å²) in [6.45, 7) is 4.89. The van der Waals surface area contributed by atoms with Gasteiger partial charge >= 0.3 is 0 Å². The van der Waals surface area contributed by atoms with Crippen LogP contribution in [0, 0.1) is 6.92 Å². The van der Waals surface area contributed by atoms with E-state index in [1.165, 1.54) is 0 Å². The third kappa shape index (κ3) is 3.09. The smallest absolute Gasteiger partial charge is 0.122 e. The van der Waals surface area contributed by atoms with Gasteiger partial charge in [-0.1, -0.05) is 28.9 Å². The molecule has 0 saturated carbocycles. The molecule has 1 atom stereocenters. The molecule has 5 heteroatoms. The van der Waals surface area contributed by atoms with Crippen LogP contribution < -0.4 is 0 Å². The fourth-order valence-electron chi connectivity index (χ4n) is 2.13. The van der Waals surface area contributed by atoms with Gasteiger partial charge in [0.25, 0.3) is 0 Å². The van der Waals surface area contributed by atoms with Crippen molar-refractivity contribution >= 4 is 31.9 Å². The first-order valence-electron chi connectivity index (χ1n) is 6.20. The molecule has 0 bridgehead atoms. The summed E-state index contributed by atoms with van der Waals surface area (Å²) in [6, 6.07) is 5.90. The van der Waals surface area contributed by atoms with Gasteiger partial charge in [0.05, 0.1) is 16.4 Å². The Morgan fingerprint density at radius 1 is 1.37 bits per heavy atom. The molecule has 1 aromatic heterocycles. The fraction of sp³-hybridized carbons (Fsp3) is 0.357. The fourth-order valence-corrected chi connectivity index (χ4v) is 3.12. The van der Waals surface area contributed by atoms with E-state index in [-0.39, 0.29) is 0 Å². The lowest BCUT2D eigenvalue weighted by Crippen LogP contribution is -2.11. The predicted octanol–water partition coefficient (Wildman–Crippen LogP) is 4.21. The number of halogens is 2. The summed E-state index contributed by atoms with van der Waals surface area (Å²) in [5.74, 6) is 0. The quantitative estimate of drug-likeness (QED) is 0.853. The van der Waals surface area contributed by atoms with Gasteiger partial charge in [0.2, 0.25) is 0 Å². The Balaban J connectivity index is 2.43. The molecule has 2 rings (SSSR count). The number of hydrogen-bond acceptors (Lipinski definition) is 2. The van der Waals surface area contributed by atoms with Crippen LogP contribution in [0.15, 0.2) is 33.3 Å². The number of aryl methyl sites for hydroxylation is 2. The maximum atomic E-state index is 10.6. The number of benzene rings is 1. The van der Waals surface area contributed by atoms with E-state index in [1.54, 1.807) is 6.20 Å². The Bertz CT molecular complexity index is 581. The van der Waals surface area contributed by atoms with Crippen molar-refractivity contribution in [2.75, 3.05) is 0 Å². The summed E-state index contributed by atoms with van der Waals surface area (Å²) >= 11 is 6.91. The molecule has 0 aliphatic rings. The molecule has 1 unspecified atom stereocenters. The van der Waals surface area contributed by atoms with Gasteiger partial charge in [0.1, 0.15) is 6.10 Å². The Labute approximate surface area is 129 Å². The van der Waals surface area contributed by atoms with E-state index in [9.17, 15) is 5.11 Å². The number of nitrogens with zero attached hydrogens (tertiary/aromatic N) is 2. The zero-order chi connectivity index (χ0) is 14.0. The van der Waals surface area contributed by atoms with Gasteiger partial charge in [-0.25, -0.2) is 0 Å². The lowest BCUT2D eigenvalue weighted by atomic mass is 10.0. The van der Waals surface area contributed by atoms with Gasteiger partial charge < -0.3 is 5.11 Å². The first-order valence-corrected chi connectivity index (χ1v) is 7.78. The minimum absolute atomic E-state index is 0.670. The Morgan fingerprint density at radius 2 is 2.11 bits per heavy atom. The van der Waals surface area contributed by atoms with E-state index in [4.69, 9.17) is 0 Å². The van der Waals surface area contributed by atoms with Crippen molar-refractivity contribution in [3.05, 3.63) is 50.2 Å². The molecule has 0 aliphatic carbocycles. The second kappa shape index (κ2) is 6.20. The Morgan fingerprint density at radius 3 is 2.74 bits per heavy atom. The maximum absolute atomic E-state index is 10.6. The maximum Gasteiger partial charge on any atom is 0.122 e. The molecule has 0 amide bonds. The third-order valence-electron chi connectivity index (χ3n) is 3.05. The molecule has 19 heavy (non-hydrogen) atoms. The molecule has 0 saturated heterocycles. The molecule has 1 heterocycles. The van der Waals surface area contributed by atoms with Crippen molar-refractivity contribution in [2.45, 2.75) is 32.9 Å². The van der Waals surface area contributed by atoms with Crippen LogP contribution in [0.25, 0.3) is 0 Å². The van der Waals surface area contributed by atoms with E-state index >= 15 is 0 Å². The number of aliphatic hydroxyl groups excluding tert-OH is 1. The second-order valence-electron chi connectivity index (χ2n) is 4.50. The van der Waals surface area contributed by atoms with E-state index in [0.717, 1.165) is 38.7 Å². The van der Waals surface area contributed by atoms with Gasteiger partial charge in [0, 0.05) is 11.0 Å². The summed E-state index contributed by atoms with van der Waals surface area (Å²) in [6.07, 6.45) is 2.05. The lowest BCUT2D eigenvalue weighted by Gasteiger charge is -2.16. The van der Waals surface area contributed by atoms with Crippen molar-refractivity contribution in [3.8, 4) is 0 Å². The average molecular weight is 388 g/mol. The minimum Gasteiger partial charge on any atom is -0.382 e. The highest BCUT2D eigenvalue weighted by Gasteiger charge is 2.20. The Kier molecular flexibility index (Phi) is 4.81. The van der Waals surface area contributed by atoms with E-state index in [1.807, 2.05) is 29.8 Å². The van der Waals surface area contributed by atoms with Gasteiger partial charge in [-0.05, 0) is 52.5 Å². The van der Waals surface area contributed by atoms with Crippen molar-refractivity contribution in [1.82, 2.24) is 9.78 Å². The van der Waals surface area contributed by atoms with Gasteiger partial charge in [0.15, 0.2) is 0 Å². The van der Waals surface area contributed by atoms with Crippen LogP contribution in [-0.2, 0) is 6.54 Å². The average Bonchev–Trinajstić information content (AvgIpc) is 2.70. The number of hydrogen-bond donors (Lipinski definition) is 1. The molecule has 3 nitrogen and oxygen atoms in total. The summed E-state index contributed by atoms with van der Waals surface area (Å²) < 4.78 is 3.72. The standard InChI is InChI=1S/C14H16Br2N2O/c1-3-6-18-13(12(16)8-17-18)14(19)11-5-4-10(15)7-9(11)2/h4-5,7-8,14,19H,3,6H2,1-2H3. The van der Waals surface area contributed by atoms with Crippen LogP contribution in [0.2, 0.25) is 0 Å². The molecule has 2 aromatic rings.